The largest absolute Gasteiger partial charge is 0.291 e. The Bertz CT molecular complexity index is 358. The number of hydrogen-bond acceptors (Lipinski definition) is 3. The second-order valence-electron chi connectivity index (χ2n) is 2.84. The minimum absolute atomic E-state index is 0.788. The summed E-state index contributed by atoms with van der Waals surface area (Å²) in [4.78, 5) is 14.1. The van der Waals surface area contributed by atoms with Crippen LogP contribution in [0, 0.1) is 6.92 Å². The van der Waals surface area contributed by atoms with E-state index >= 15 is 0 Å². The summed E-state index contributed by atoms with van der Waals surface area (Å²) < 4.78 is 0. The van der Waals surface area contributed by atoms with Crippen molar-refractivity contribution in [2.24, 2.45) is 4.99 Å². The Morgan fingerprint density at radius 3 is 2.50 bits per heavy atom. The zero-order valence-electron chi connectivity index (χ0n) is 10.7. The molecule has 0 N–H and O–H groups in total. The van der Waals surface area contributed by atoms with Crippen LogP contribution in [-0.4, -0.2) is 22.9 Å². The minimum Gasteiger partial charge on any atom is -0.291 e. The van der Waals surface area contributed by atoms with E-state index in [9.17, 15) is 0 Å². The molecule has 0 spiro atoms. The highest BCUT2D eigenvalue weighted by Crippen LogP contribution is 2.11. The molecule has 0 aliphatic carbocycles. The van der Waals surface area contributed by atoms with Crippen LogP contribution in [0.15, 0.2) is 30.2 Å². The predicted molar refractivity (Wildman–Crippen MR) is 69.8 cm³/mol. The first-order valence-electron chi connectivity index (χ1n) is 5.33. The third-order valence-corrected chi connectivity index (χ3v) is 1.89. The van der Waals surface area contributed by atoms with Crippen molar-refractivity contribution in [1.82, 2.24) is 9.97 Å². The Kier molecular flexibility index (Phi) is 6.76. The molecule has 0 aliphatic rings. The molecule has 0 saturated heterocycles. The van der Waals surface area contributed by atoms with Gasteiger partial charge in [0.05, 0.1) is 0 Å². The first-order chi connectivity index (χ1) is 7.69. The average Bonchev–Trinajstić information content (AvgIpc) is 2.32. The Labute approximate surface area is 97.8 Å². The third-order valence-electron chi connectivity index (χ3n) is 1.89. The summed E-state index contributed by atoms with van der Waals surface area (Å²) in [5.74, 6) is 1.63. The number of aryl methyl sites for hydroxylation is 1. The fraction of sp³-hybridized carbons (Fsp3) is 0.417. The Morgan fingerprint density at radius 2 is 2.06 bits per heavy atom. The van der Waals surface area contributed by atoms with Crippen LogP contribution in [0.1, 0.15) is 26.5 Å². The second kappa shape index (κ2) is 7.56. The summed E-state index contributed by atoms with van der Waals surface area (Å²) >= 11 is 0. The van der Waals surface area contributed by atoms with Crippen molar-refractivity contribution >= 4 is 11.7 Å². The highest BCUT2D eigenvalue weighted by Gasteiger charge is 2.06. The smallest absolute Gasteiger partial charge is 0.141 e. The number of rotatable bonds is 2. The van der Waals surface area contributed by atoms with Crippen LogP contribution in [-0.2, 0) is 0 Å². The van der Waals surface area contributed by atoms with Gasteiger partial charge in [-0.2, -0.15) is 0 Å². The molecule has 0 aliphatic heterocycles. The van der Waals surface area contributed by atoms with Crippen LogP contribution in [0.5, 0.6) is 0 Å². The lowest BCUT2D eigenvalue weighted by atomic mass is 10.4. The molecule has 1 aromatic heterocycles. The summed E-state index contributed by atoms with van der Waals surface area (Å²) in [5, 5.41) is 0. The molecule has 0 atom stereocenters. The van der Waals surface area contributed by atoms with Crippen LogP contribution < -0.4 is 4.90 Å². The van der Waals surface area contributed by atoms with E-state index in [1.807, 2.05) is 38.7 Å². The standard InChI is InChI=1S/C10H14N4.C2H6/c1-5-14(9(3)11-4)10-6-8(2)12-7-13-10;1-2/h5-7H,1H2,2-4H3;1-2H3. The molecule has 0 radical (unpaired) electrons. The maximum Gasteiger partial charge on any atom is 0.141 e. The topological polar surface area (TPSA) is 41.4 Å². The molecule has 0 unspecified atom stereocenters. The van der Waals surface area contributed by atoms with Gasteiger partial charge in [-0.15, -0.1) is 0 Å². The molecule has 88 valence electrons. The van der Waals surface area contributed by atoms with Crippen molar-refractivity contribution < 1.29 is 0 Å². The van der Waals surface area contributed by atoms with Crippen molar-refractivity contribution in [2.45, 2.75) is 27.7 Å². The summed E-state index contributed by atoms with van der Waals surface area (Å²) in [7, 11) is 1.74. The summed E-state index contributed by atoms with van der Waals surface area (Å²) in [5.41, 5.74) is 0.922. The van der Waals surface area contributed by atoms with Gasteiger partial charge in [0, 0.05) is 25.0 Å². The lowest BCUT2D eigenvalue weighted by Gasteiger charge is -2.17. The molecular formula is C12H20N4. The number of anilines is 1. The van der Waals surface area contributed by atoms with Gasteiger partial charge in [-0.05, 0) is 13.8 Å². The van der Waals surface area contributed by atoms with E-state index in [-0.39, 0.29) is 0 Å². The maximum absolute atomic E-state index is 4.14. The Balaban J connectivity index is 0.00000106. The van der Waals surface area contributed by atoms with E-state index in [2.05, 4.69) is 21.5 Å². The number of nitrogens with zero attached hydrogens (tertiary/aromatic N) is 4. The maximum atomic E-state index is 4.14. The van der Waals surface area contributed by atoms with Gasteiger partial charge in [0.15, 0.2) is 0 Å². The third kappa shape index (κ3) is 3.81. The van der Waals surface area contributed by atoms with Gasteiger partial charge in [-0.1, -0.05) is 20.4 Å². The average molecular weight is 220 g/mol. The van der Waals surface area contributed by atoms with Crippen molar-refractivity contribution in [3.05, 3.63) is 30.9 Å². The van der Waals surface area contributed by atoms with Crippen molar-refractivity contribution in [3.63, 3.8) is 0 Å². The van der Waals surface area contributed by atoms with E-state index in [1.54, 1.807) is 13.2 Å². The van der Waals surface area contributed by atoms with Crippen LogP contribution in [0.4, 0.5) is 5.82 Å². The van der Waals surface area contributed by atoms with Crippen LogP contribution in [0.3, 0.4) is 0 Å². The number of hydrogen-bond donors (Lipinski definition) is 0. The molecule has 1 rings (SSSR count). The zero-order valence-corrected chi connectivity index (χ0v) is 10.7. The van der Waals surface area contributed by atoms with Gasteiger partial charge in [0.2, 0.25) is 0 Å². The van der Waals surface area contributed by atoms with Gasteiger partial charge >= 0.3 is 0 Å². The molecule has 1 heterocycles. The van der Waals surface area contributed by atoms with E-state index in [0.717, 1.165) is 17.3 Å². The summed E-state index contributed by atoms with van der Waals surface area (Å²) in [6.07, 6.45) is 3.22. The molecule has 0 fully saturated rings. The number of aliphatic imine (C=N–C) groups is 1. The SMILES string of the molecule is C=CN(C(C)=NC)c1cc(C)ncn1.CC. The minimum atomic E-state index is 0.788. The predicted octanol–water partition coefficient (Wildman–Crippen LogP) is 2.81. The van der Waals surface area contributed by atoms with E-state index < -0.39 is 0 Å². The van der Waals surface area contributed by atoms with E-state index in [0.29, 0.717) is 0 Å². The van der Waals surface area contributed by atoms with E-state index in [4.69, 9.17) is 0 Å². The molecule has 16 heavy (non-hydrogen) atoms. The quantitative estimate of drug-likeness (QED) is 0.568. The number of amidine groups is 1. The van der Waals surface area contributed by atoms with Crippen molar-refractivity contribution in [1.29, 1.82) is 0 Å². The monoisotopic (exact) mass is 220 g/mol. The highest BCUT2D eigenvalue weighted by molar-refractivity contribution is 5.96. The van der Waals surface area contributed by atoms with Gasteiger partial charge < -0.3 is 0 Å². The van der Waals surface area contributed by atoms with E-state index in [1.165, 1.54) is 6.33 Å². The normalized spacial score (nSPS) is 10.2. The molecule has 0 saturated carbocycles. The fourth-order valence-corrected chi connectivity index (χ4v) is 1.07. The first-order valence-corrected chi connectivity index (χ1v) is 5.33. The molecule has 0 aromatic carbocycles. The first kappa shape index (κ1) is 14.3. The molecule has 1 aromatic rings. The molecule has 0 amide bonds. The molecule has 4 heteroatoms. The van der Waals surface area contributed by atoms with Crippen LogP contribution in [0.2, 0.25) is 0 Å². The molecular weight excluding hydrogens is 200 g/mol. The Hall–Kier alpha value is -1.71. The second-order valence-corrected chi connectivity index (χ2v) is 2.84. The van der Waals surface area contributed by atoms with Gasteiger partial charge in [0.25, 0.3) is 0 Å². The zero-order chi connectivity index (χ0) is 12.6. The lowest BCUT2D eigenvalue weighted by Crippen LogP contribution is -2.23. The summed E-state index contributed by atoms with van der Waals surface area (Å²) in [6, 6.07) is 1.89. The van der Waals surface area contributed by atoms with Crippen molar-refractivity contribution in [3.8, 4) is 0 Å². The Morgan fingerprint density at radius 1 is 1.44 bits per heavy atom. The van der Waals surface area contributed by atoms with Crippen molar-refractivity contribution in [2.75, 3.05) is 11.9 Å². The van der Waals surface area contributed by atoms with Gasteiger partial charge in [-0.25, -0.2) is 9.97 Å². The fourth-order valence-electron chi connectivity index (χ4n) is 1.07. The van der Waals surface area contributed by atoms with Gasteiger partial charge in [0.1, 0.15) is 18.0 Å². The molecule has 4 nitrogen and oxygen atoms in total. The van der Waals surface area contributed by atoms with Crippen LogP contribution in [0.25, 0.3) is 0 Å². The number of aromatic nitrogens is 2. The van der Waals surface area contributed by atoms with Crippen LogP contribution >= 0.6 is 0 Å². The highest BCUT2D eigenvalue weighted by atomic mass is 15.2. The molecule has 0 bridgehead atoms. The lowest BCUT2D eigenvalue weighted by molar-refractivity contribution is 1.07. The summed E-state index contributed by atoms with van der Waals surface area (Å²) in [6.45, 7) is 11.5. The van der Waals surface area contributed by atoms with Gasteiger partial charge in [-0.3, -0.25) is 9.89 Å².